The molecule has 0 aromatic heterocycles. The molecule has 0 nitrogen and oxygen atoms in total. The maximum Gasteiger partial charge on any atom is -0.0386 e. The van der Waals surface area contributed by atoms with Crippen LogP contribution >= 0.6 is 0 Å². The third kappa shape index (κ3) is 4.76. The predicted octanol–water partition coefficient (Wildman–Crippen LogP) is 7.62. The predicted molar refractivity (Wildman–Crippen MR) is 102 cm³/mol. The highest BCUT2D eigenvalue weighted by atomic mass is 14.4. The van der Waals surface area contributed by atoms with Gasteiger partial charge in [0.2, 0.25) is 0 Å². The molecule has 23 heavy (non-hydrogen) atoms. The van der Waals surface area contributed by atoms with Crippen LogP contribution in [0.3, 0.4) is 0 Å². The van der Waals surface area contributed by atoms with E-state index in [1.165, 1.54) is 19.3 Å². The molecule has 3 saturated carbocycles. The Morgan fingerprint density at radius 2 is 0.826 bits per heavy atom. The van der Waals surface area contributed by atoms with Crippen LogP contribution in [0.1, 0.15) is 110 Å². The Bertz CT molecular complexity index is 309. The van der Waals surface area contributed by atoms with Crippen molar-refractivity contribution in [1.82, 2.24) is 0 Å². The topological polar surface area (TPSA) is 0 Å². The van der Waals surface area contributed by atoms with E-state index < -0.39 is 0 Å². The van der Waals surface area contributed by atoms with Crippen molar-refractivity contribution < 1.29 is 0 Å². The summed E-state index contributed by atoms with van der Waals surface area (Å²) in [6, 6.07) is 0. The number of rotatable bonds is 5. The maximum absolute atomic E-state index is 2.39. The zero-order valence-corrected chi connectivity index (χ0v) is 16.1. The molecule has 0 saturated heterocycles. The highest BCUT2D eigenvalue weighted by Crippen LogP contribution is 2.46. The molecular formula is C23H42. The first-order valence-corrected chi connectivity index (χ1v) is 11.3. The smallest absolute Gasteiger partial charge is 0.0386 e. The van der Waals surface area contributed by atoms with Gasteiger partial charge in [-0.3, -0.25) is 0 Å². The third-order valence-corrected chi connectivity index (χ3v) is 8.21. The monoisotopic (exact) mass is 318 g/mol. The number of hydrogen-bond acceptors (Lipinski definition) is 0. The Kier molecular flexibility index (Phi) is 6.90. The van der Waals surface area contributed by atoms with Crippen LogP contribution in [0.2, 0.25) is 0 Å². The van der Waals surface area contributed by atoms with Gasteiger partial charge in [-0.15, -0.1) is 0 Å². The van der Waals surface area contributed by atoms with Crippen LogP contribution in [-0.4, -0.2) is 0 Å². The average Bonchev–Trinajstić information content (AvgIpc) is 2.63. The lowest BCUT2D eigenvalue weighted by Crippen LogP contribution is -2.29. The molecule has 0 unspecified atom stereocenters. The highest BCUT2D eigenvalue weighted by molar-refractivity contribution is 4.85. The molecule has 3 aliphatic carbocycles. The van der Waals surface area contributed by atoms with Crippen LogP contribution in [0.15, 0.2) is 0 Å². The summed E-state index contributed by atoms with van der Waals surface area (Å²) >= 11 is 0. The van der Waals surface area contributed by atoms with Gasteiger partial charge < -0.3 is 0 Å². The van der Waals surface area contributed by atoms with E-state index in [1.54, 1.807) is 77.0 Å². The molecule has 0 aromatic carbocycles. The Balaban J connectivity index is 1.37. The fraction of sp³-hybridized carbons (Fsp3) is 1.00. The van der Waals surface area contributed by atoms with Crippen LogP contribution in [0.25, 0.3) is 0 Å². The molecule has 0 atom stereocenters. The van der Waals surface area contributed by atoms with E-state index in [-0.39, 0.29) is 0 Å². The van der Waals surface area contributed by atoms with Crippen molar-refractivity contribution >= 4 is 0 Å². The van der Waals surface area contributed by atoms with E-state index in [0.29, 0.717) is 0 Å². The Morgan fingerprint density at radius 1 is 0.478 bits per heavy atom. The minimum absolute atomic E-state index is 1.07. The van der Waals surface area contributed by atoms with E-state index in [1.807, 2.05) is 0 Å². The summed E-state index contributed by atoms with van der Waals surface area (Å²) in [5, 5.41) is 0. The second-order valence-electron chi connectivity index (χ2n) is 9.43. The maximum atomic E-state index is 2.39. The van der Waals surface area contributed by atoms with E-state index in [4.69, 9.17) is 0 Å². The molecule has 3 aliphatic rings. The van der Waals surface area contributed by atoms with E-state index in [2.05, 4.69) is 13.8 Å². The third-order valence-electron chi connectivity index (χ3n) is 8.21. The molecule has 134 valence electrons. The lowest BCUT2D eigenvalue weighted by Gasteiger charge is -2.41. The van der Waals surface area contributed by atoms with Gasteiger partial charge >= 0.3 is 0 Å². The van der Waals surface area contributed by atoms with Crippen LogP contribution < -0.4 is 0 Å². The molecule has 0 amide bonds. The van der Waals surface area contributed by atoms with Crippen molar-refractivity contribution in [3.8, 4) is 0 Å². The summed E-state index contributed by atoms with van der Waals surface area (Å²) in [6.45, 7) is 4.76. The van der Waals surface area contributed by atoms with Gasteiger partial charge in [0.05, 0.1) is 0 Å². The van der Waals surface area contributed by atoms with Crippen LogP contribution in [-0.2, 0) is 0 Å². The standard InChI is InChI=1S/C23H42/c1-3-5-19-8-12-21(13-9-19)23-16-14-22(15-17-23)20-10-6-18(4-2)7-11-20/h18-23H,3-17H2,1-2H3. The molecule has 3 rings (SSSR count). The fourth-order valence-corrected chi connectivity index (χ4v) is 6.51. The SMILES string of the molecule is CCCC1CCC(C2CCC(C3CCC(CC)CC3)CC2)CC1. The zero-order chi connectivity index (χ0) is 16.1. The Hall–Kier alpha value is 0. The first-order valence-electron chi connectivity index (χ1n) is 11.3. The second kappa shape index (κ2) is 8.91. The summed E-state index contributed by atoms with van der Waals surface area (Å²) in [7, 11) is 0. The molecule has 3 fully saturated rings. The van der Waals surface area contributed by atoms with Gasteiger partial charge in [-0.2, -0.15) is 0 Å². The van der Waals surface area contributed by atoms with Crippen molar-refractivity contribution in [2.75, 3.05) is 0 Å². The summed E-state index contributed by atoms with van der Waals surface area (Å²) in [4.78, 5) is 0. The normalized spacial score (nSPS) is 42.5. The summed E-state index contributed by atoms with van der Waals surface area (Å²) < 4.78 is 0. The second-order valence-corrected chi connectivity index (χ2v) is 9.43. The average molecular weight is 319 g/mol. The van der Waals surface area contributed by atoms with Crippen molar-refractivity contribution in [3.63, 3.8) is 0 Å². The zero-order valence-electron chi connectivity index (χ0n) is 16.1. The molecule has 0 aliphatic heterocycles. The van der Waals surface area contributed by atoms with Crippen molar-refractivity contribution in [2.45, 2.75) is 110 Å². The summed E-state index contributed by atoms with van der Waals surface area (Å²) in [6.07, 6.45) is 23.1. The molecule has 0 heterocycles. The molecule has 0 radical (unpaired) electrons. The first kappa shape index (κ1) is 17.8. The van der Waals surface area contributed by atoms with E-state index in [9.17, 15) is 0 Å². The van der Waals surface area contributed by atoms with Gasteiger partial charge in [0.1, 0.15) is 0 Å². The number of hydrogen-bond donors (Lipinski definition) is 0. The molecular weight excluding hydrogens is 276 g/mol. The summed E-state index contributed by atoms with van der Waals surface area (Å²) in [5.74, 6) is 6.60. The lowest BCUT2D eigenvalue weighted by atomic mass is 9.65. The lowest BCUT2D eigenvalue weighted by molar-refractivity contribution is 0.103. The largest absolute Gasteiger partial charge is 0.0654 e. The molecule has 0 bridgehead atoms. The molecule has 0 N–H and O–H groups in total. The Morgan fingerprint density at radius 3 is 1.17 bits per heavy atom. The quantitative estimate of drug-likeness (QED) is 0.489. The van der Waals surface area contributed by atoms with Gasteiger partial charge in [0, 0.05) is 0 Å². The van der Waals surface area contributed by atoms with Gasteiger partial charge in [0.25, 0.3) is 0 Å². The van der Waals surface area contributed by atoms with Crippen molar-refractivity contribution in [2.24, 2.45) is 35.5 Å². The molecule has 0 aromatic rings. The van der Waals surface area contributed by atoms with Gasteiger partial charge in [-0.25, -0.2) is 0 Å². The van der Waals surface area contributed by atoms with Crippen LogP contribution in [0.5, 0.6) is 0 Å². The van der Waals surface area contributed by atoms with Crippen molar-refractivity contribution in [3.05, 3.63) is 0 Å². The van der Waals surface area contributed by atoms with Gasteiger partial charge in [0.15, 0.2) is 0 Å². The van der Waals surface area contributed by atoms with Crippen molar-refractivity contribution in [1.29, 1.82) is 0 Å². The van der Waals surface area contributed by atoms with Crippen LogP contribution in [0.4, 0.5) is 0 Å². The first-order chi connectivity index (χ1) is 11.3. The van der Waals surface area contributed by atoms with E-state index >= 15 is 0 Å². The fourth-order valence-electron chi connectivity index (χ4n) is 6.51. The summed E-state index contributed by atoms with van der Waals surface area (Å²) in [5.41, 5.74) is 0. The van der Waals surface area contributed by atoms with Gasteiger partial charge in [-0.1, -0.05) is 58.8 Å². The highest BCUT2D eigenvalue weighted by Gasteiger charge is 2.34. The minimum Gasteiger partial charge on any atom is -0.0654 e. The molecule has 0 spiro atoms. The van der Waals surface area contributed by atoms with E-state index in [0.717, 1.165) is 35.5 Å². The minimum atomic E-state index is 1.07. The Labute approximate surface area is 146 Å². The van der Waals surface area contributed by atoms with Crippen LogP contribution in [0, 0.1) is 35.5 Å². The molecule has 0 heteroatoms. The van der Waals surface area contributed by atoms with Gasteiger partial charge in [-0.05, 0) is 86.9 Å².